The summed E-state index contributed by atoms with van der Waals surface area (Å²) in [5.74, 6) is 0.926. The van der Waals surface area contributed by atoms with Crippen LogP contribution in [0.1, 0.15) is 39.0 Å². The molecule has 3 nitrogen and oxygen atoms in total. The lowest BCUT2D eigenvalue weighted by Crippen LogP contribution is -2.47. The first-order chi connectivity index (χ1) is 6.63. The van der Waals surface area contributed by atoms with Gasteiger partial charge in [0.1, 0.15) is 0 Å². The largest absolute Gasteiger partial charge is 0.355 e. The van der Waals surface area contributed by atoms with Crippen LogP contribution in [0.3, 0.4) is 0 Å². The van der Waals surface area contributed by atoms with Gasteiger partial charge in [0.25, 0.3) is 0 Å². The molecule has 80 valence electrons. The second-order valence-corrected chi connectivity index (χ2v) is 5.07. The van der Waals surface area contributed by atoms with Crippen molar-refractivity contribution in [3.05, 3.63) is 0 Å². The summed E-state index contributed by atoms with van der Waals surface area (Å²) in [6.07, 6.45) is 5.60. The van der Waals surface area contributed by atoms with Crippen LogP contribution in [0.5, 0.6) is 0 Å². The zero-order valence-electron chi connectivity index (χ0n) is 8.88. The Labute approximate surface area is 85.4 Å². The zero-order chi connectivity index (χ0) is 10.2. The van der Waals surface area contributed by atoms with Gasteiger partial charge < -0.3 is 11.1 Å². The second kappa shape index (κ2) is 3.54. The predicted molar refractivity (Wildman–Crippen MR) is 55.7 cm³/mol. The first-order valence-corrected chi connectivity index (χ1v) is 5.67. The molecule has 3 heteroatoms. The molecule has 2 aliphatic rings. The van der Waals surface area contributed by atoms with Gasteiger partial charge in [0.15, 0.2) is 0 Å². The smallest absolute Gasteiger partial charge is 0.227 e. The van der Waals surface area contributed by atoms with E-state index in [0.29, 0.717) is 0 Å². The topological polar surface area (TPSA) is 55.1 Å². The summed E-state index contributed by atoms with van der Waals surface area (Å²) < 4.78 is 0. The van der Waals surface area contributed by atoms with Gasteiger partial charge in [-0.25, -0.2) is 0 Å². The van der Waals surface area contributed by atoms with E-state index in [2.05, 4.69) is 5.32 Å². The maximum Gasteiger partial charge on any atom is 0.227 e. The molecule has 2 rings (SSSR count). The molecule has 0 bridgehead atoms. The number of carbonyl (C=O) groups excluding carboxylic acids is 1. The van der Waals surface area contributed by atoms with Crippen LogP contribution in [-0.2, 0) is 4.79 Å². The molecule has 0 saturated heterocycles. The van der Waals surface area contributed by atoms with Crippen molar-refractivity contribution in [1.82, 2.24) is 5.32 Å². The molecule has 2 atom stereocenters. The third kappa shape index (κ3) is 1.78. The normalized spacial score (nSPS) is 37.1. The van der Waals surface area contributed by atoms with Crippen LogP contribution in [0.4, 0.5) is 0 Å². The average molecular weight is 196 g/mol. The monoisotopic (exact) mass is 196 g/mol. The SMILES string of the molecule is CC1(C(=O)NCC2CC2)CCCC1N. The van der Waals surface area contributed by atoms with Gasteiger partial charge in [0.05, 0.1) is 5.41 Å². The van der Waals surface area contributed by atoms with E-state index in [-0.39, 0.29) is 17.4 Å². The van der Waals surface area contributed by atoms with Crippen molar-refractivity contribution in [2.45, 2.75) is 45.1 Å². The number of hydrogen-bond donors (Lipinski definition) is 2. The fraction of sp³-hybridized carbons (Fsp3) is 0.909. The Morgan fingerprint density at radius 3 is 2.71 bits per heavy atom. The summed E-state index contributed by atoms with van der Waals surface area (Å²) in [7, 11) is 0. The van der Waals surface area contributed by atoms with Crippen molar-refractivity contribution in [1.29, 1.82) is 0 Å². The van der Waals surface area contributed by atoms with E-state index in [1.165, 1.54) is 12.8 Å². The molecule has 0 radical (unpaired) electrons. The molecule has 0 aromatic rings. The van der Waals surface area contributed by atoms with Crippen LogP contribution in [0.2, 0.25) is 0 Å². The van der Waals surface area contributed by atoms with Gasteiger partial charge in [-0.05, 0) is 38.5 Å². The molecule has 0 spiro atoms. The van der Waals surface area contributed by atoms with Crippen LogP contribution >= 0.6 is 0 Å². The summed E-state index contributed by atoms with van der Waals surface area (Å²) >= 11 is 0. The summed E-state index contributed by atoms with van der Waals surface area (Å²) in [5, 5.41) is 3.04. The molecular formula is C11H20N2O. The predicted octanol–water partition coefficient (Wildman–Crippen LogP) is 1.03. The molecule has 0 heterocycles. The molecule has 2 unspecified atom stereocenters. The average Bonchev–Trinajstić information content (AvgIpc) is 2.91. The van der Waals surface area contributed by atoms with Gasteiger partial charge in [-0.1, -0.05) is 6.42 Å². The van der Waals surface area contributed by atoms with E-state index in [0.717, 1.165) is 31.7 Å². The third-order valence-electron chi connectivity index (χ3n) is 3.80. The lowest BCUT2D eigenvalue weighted by atomic mass is 9.84. The Bertz CT molecular complexity index is 237. The second-order valence-electron chi connectivity index (χ2n) is 5.07. The summed E-state index contributed by atoms with van der Waals surface area (Å²) in [4.78, 5) is 11.9. The molecule has 14 heavy (non-hydrogen) atoms. The van der Waals surface area contributed by atoms with E-state index >= 15 is 0 Å². The quantitative estimate of drug-likeness (QED) is 0.708. The standard InChI is InChI=1S/C11H20N2O/c1-11(6-2-3-9(11)12)10(14)13-7-8-4-5-8/h8-9H,2-7,12H2,1H3,(H,13,14). The Morgan fingerprint density at radius 1 is 1.50 bits per heavy atom. The number of nitrogens with one attached hydrogen (secondary N) is 1. The summed E-state index contributed by atoms with van der Waals surface area (Å²) in [6.45, 7) is 2.87. The zero-order valence-corrected chi connectivity index (χ0v) is 8.88. The van der Waals surface area contributed by atoms with Gasteiger partial charge in [0, 0.05) is 12.6 Å². The molecule has 2 saturated carbocycles. The highest BCUT2D eigenvalue weighted by Crippen LogP contribution is 2.37. The summed E-state index contributed by atoms with van der Waals surface area (Å²) in [6, 6.07) is 0.0571. The number of nitrogens with two attached hydrogens (primary N) is 1. The molecular weight excluding hydrogens is 176 g/mol. The fourth-order valence-corrected chi connectivity index (χ4v) is 2.24. The Kier molecular flexibility index (Phi) is 2.52. The molecule has 2 aliphatic carbocycles. The van der Waals surface area contributed by atoms with Crippen molar-refractivity contribution >= 4 is 5.91 Å². The Morgan fingerprint density at radius 2 is 2.21 bits per heavy atom. The van der Waals surface area contributed by atoms with Crippen molar-refractivity contribution in [3.63, 3.8) is 0 Å². The van der Waals surface area contributed by atoms with Crippen LogP contribution in [-0.4, -0.2) is 18.5 Å². The van der Waals surface area contributed by atoms with E-state index in [1.54, 1.807) is 0 Å². The van der Waals surface area contributed by atoms with Crippen molar-refractivity contribution in [3.8, 4) is 0 Å². The molecule has 0 aromatic carbocycles. The highest BCUT2D eigenvalue weighted by Gasteiger charge is 2.43. The first kappa shape index (κ1) is 9.97. The van der Waals surface area contributed by atoms with E-state index in [4.69, 9.17) is 5.73 Å². The molecule has 0 aliphatic heterocycles. The van der Waals surface area contributed by atoms with Crippen LogP contribution < -0.4 is 11.1 Å². The lowest BCUT2D eigenvalue weighted by molar-refractivity contribution is -0.130. The number of carbonyl (C=O) groups is 1. The Hall–Kier alpha value is -0.570. The maximum absolute atomic E-state index is 11.9. The maximum atomic E-state index is 11.9. The van der Waals surface area contributed by atoms with Crippen molar-refractivity contribution < 1.29 is 4.79 Å². The van der Waals surface area contributed by atoms with E-state index < -0.39 is 0 Å². The highest BCUT2D eigenvalue weighted by molar-refractivity contribution is 5.83. The fourth-order valence-electron chi connectivity index (χ4n) is 2.24. The van der Waals surface area contributed by atoms with E-state index in [9.17, 15) is 4.79 Å². The molecule has 0 aromatic heterocycles. The number of amides is 1. The van der Waals surface area contributed by atoms with Crippen LogP contribution in [0.25, 0.3) is 0 Å². The molecule has 1 amide bonds. The van der Waals surface area contributed by atoms with Gasteiger partial charge in [0.2, 0.25) is 5.91 Å². The lowest BCUT2D eigenvalue weighted by Gasteiger charge is -2.27. The van der Waals surface area contributed by atoms with Crippen LogP contribution in [0.15, 0.2) is 0 Å². The van der Waals surface area contributed by atoms with Gasteiger partial charge in [-0.3, -0.25) is 4.79 Å². The van der Waals surface area contributed by atoms with Gasteiger partial charge in [-0.2, -0.15) is 0 Å². The minimum absolute atomic E-state index is 0.0571. The minimum atomic E-state index is -0.297. The van der Waals surface area contributed by atoms with Gasteiger partial charge >= 0.3 is 0 Å². The first-order valence-electron chi connectivity index (χ1n) is 5.67. The van der Waals surface area contributed by atoms with Gasteiger partial charge in [-0.15, -0.1) is 0 Å². The number of rotatable bonds is 3. The van der Waals surface area contributed by atoms with Crippen molar-refractivity contribution in [2.24, 2.45) is 17.1 Å². The highest BCUT2D eigenvalue weighted by atomic mass is 16.2. The minimum Gasteiger partial charge on any atom is -0.355 e. The Balaban J connectivity index is 1.87. The van der Waals surface area contributed by atoms with Crippen LogP contribution in [0, 0.1) is 11.3 Å². The number of hydrogen-bond acceptors (Lipinski definition) is 2. The van der Waals surface area contributed by atoms with Crippen molar-refractivity contribution in [2.75, 3.05) is 6.54 Å². The molecule has 3 N–H and O–H groups in total. The third-order valence-corrected chi connectivity index (χ3v) is 3.80. The molecule has 2 fully saturated rings. The van der Waals surface area contributed by atoms with E-state index in [1.807, 2.05) is 6.92 Å². The summed E-state index contributed by atoms with van der Waals surface area (Å²) in [5.41, 5.74) is 5.68.